The van der Waals surface area contributed by atoms with Gasteiger partial charge in [-0.3, -0.25) is 4.52 Å². The predicted molar refractivity (Wildman–Crippen MR) is 82.0 cm³/mol. The molecule has 0 N–H and O–H groups in total. The van der Waals surface area contributed by atoms with Crippen LogP contribution in [0.1, 0.15) is 11.5 Å². The SMILES string of the molecule is Cc1ccccc1-c1noc(=O)n1Cc1nc(-c2ccco2)no1. The van der Waals surface area contributed by atoms with Crippen molar-refractivity contribution in [1.82, 2.24) is 19.9 Å². The van der Waals surface area contributed by atoms with Crippen molar-refractivity contribution in [2.45, 2.75) is 13.5 Å². The summed E-state index contributed by atoms with van der Waals surface area (Å²) in [6, 6.07) is 11.0. The van der Waals surface area contributed by atoms with E-state index >= 15 is 0 Å². The van der Waals surface area contributed by atoms with Gasteiger partial charge >= 0.3 is 5.76 Å². The van der Waals surface area contributed by atoms with Gasteiger partial charge in [-0.05, 0) is 24.6 Å². The maximum Gasteiger partial charge on any atom is 0.442 e. The summed E-state index contributed by atoms with van der Waals surface area (Å²) < 4.78 is 16.6. The molecule has 0 aliphatic carbocycles. The van der Waals surface area contributed by atoms with Crippen LogP contribution in [0, 0.1) is 6.92 Å². The van der Waals surface area contributed by atoms with Gasteiger partial charge in [0, 0.05) is 5.56 Å². The zero-order valence-corrected chi connectivity index (χ0v) is 12.7. The molecule has 0 radical (unpaired) electrons. The Morgan fingerprint density at radius 3 is 2.75 bits per heavy atom. The van der Waals surface area contributed by atoms with Gasteiger partial charge in [-0.1, -0.05) is 34.6 Å². The van der Waals surface area contributed by atoms with Crippen molar-refractivity contribution in [1.29, 1.82) is 0 Å². The molecule has 24 heavy (non-hydrogen) atoms. The van der Waals surface area contributed by atoms with Crippen LogP contribution < -0.4 is 5.76 Å². The van der Waals surface area contributed by atoms with E-state index in [1.165, 1.54) is 10.8 Å². The van der Waals surface area contributed by atoms with Crippen molar-refractivity contribution in [2.24, 2.45) is 0 Å². The molecule has 0 atom stereocenters. The third-order valence-corrected chi connectivity index (χ3v) is 3.58. The largest absolute Gasteiger partial charge is 0.461 e. The molecule has 0 fully saturated rings. The van der Waals surface area contributed by atoms with Crippen LogP contribution in [-0.2, 0) is 6.54 Å². The smallest absolute Gasteiger partial charge is 0.442 e. The van der Waals surface area contributed by atoms with Crippen LogP contribution in [0.15, 0.2) is 60.9 Å². The van der Waals surface area contributed by atoms with Gasteiger partial charge in [0.05, 0.1) is 6.26 Å². The van der Waals surface area contributed by atoms with E-state index in [0.717, 1.165) is 11.1 Å². The first-order chi connectivity index (χ1) is 11.7. The van der Waals surface area contributed by atoms with Gasteiger partial charge in [-0.2, -0.15) is 4.98 Å². The Labute approximate surface area is 135 Å². The van der Waals surface area contributed by atoms with Crippen LogP contribution in [0.3, 0.4) is 0 Å². The zero-order chi connectivity index (χ0) is 16.5. The summed E-state index contributed by atoms with van der Waals surface area (Å²) in [6.07, 6.45) is 1.52. The van der Waals surface area contributed by atoms with Crippen molar-refractivity contribution < 1.29 is 13.5 Å². The number of rotatable bonds is 4. The van der Waals surface area contributed by atoms with Crippen molar-refractivity contribution in [3.05, 3.63) is 64.7 Å². The van der Waals surface area contributed by atoms with E-state index in [9.17, 15) is 4.79 Å². The van der Waals surface area contributed by atoms with Gasteiger partial charge in [-0.25, -0.2) is 9.36 Å². The molecular weight excluding hydrogens is 312 g/mol. The Hall–Kier alpha value is -3.42. The third kappa shape index (κ3) is 2.43. The summed E-state index contributed by atoms with van der Waals surface area (Å²) >= 11 is 0. The maximum atomic E-state index is 12.0. The van der Waals surface area contributed by atoms with Crippen LogP contribution >= 0.6 is 0 Å². The summed E-state index contributed by atoms with van der Waals surface area (Å²) in [6.45, 7) is 1.99. The highest BCUT2D eigenvalue weighted by molar-refractivity contribution is 5.59. The molecule has 8 nitrogen and oxygen atoms in total. The van der Waals surface area contributed by atoms with Crippen LogP contribution in [0.5, 0.6) is 0 Å². The van der Waals surface area contributed by atoms with E-state index in [2.05, 4.69) is 15.3 Å². The number of hydrogen-bond donors (Lipinski definition) is 0. The van der Waals surface area contributed by atoms with Crippen LogP contribution in [0.4, 0.5) is 0 Å². The van der Waals surface area contributed by atoms with E-state index in [4.69, 9.17) is 13.5 Å². The van der Waals surface area contributed by atoms with Crippen LogP contribution in [0.2, 0.25) is 0 Å². The maximum absolute atomic E-state index is 12.0. The summed E-state index contributed by atoms with van der Waals surface area (Å²) in [5, 5.41) is 7.71. The fourth-order valence-corrected chi connectivity index (χ4v) is 2.39. The molecular formula is C16H12N4O4. The lowest BCUT2D eigenvalue weighted by atomic mass is 10.1. The number of benzene rings is 1. The van der Waals surface area contributed by atoms with Crippen molar-refractivity contribution in [3.63, 3.8) is 0 Å². The summed E-state index contributed by atoms with van der Waals surface area (Å²) in [4.78, 5) is 16.2. The summed E-state index contributed by atoms with van der Waals surface area (Å²) in [7, 11) is 0. The second-order valence-electron chi connectivity index (χ2n) is 5.16. The summed E-state index contributed by atoms with van der Waals surface area (Å²) in [5.74, 6) is 0.877. The van der Waals surface area contributed by atoms with Gasteiger partial charge in [-0.15, -0.1) is 0 Å². The van der Waals surface area contributed by atoms with Gasteiger partial charge in [0.1, 0.15) is 6.54 Å². The molecule has 120 valence electrons. The number of hydrogen-bond acceptors (Lipinski definition) is 7. The van der Waals surface area contributed by atoms with Crippen LogP contribution in [-0.4, -0.2) is 19.9 Å². The van der Waals surface area contributed by atoms with Crippen molar-refractivity contribution >= 4 is 0 Å². The molecule has 4 rings (SSSR count). The lowest BCUT2D eigenvalue weighted by molar-refractivity contribution is 0.353. The van der Waals surface area contributed by atoms with E-state index < -0.39 is 5.76 Å². The average molecular weight is 324 g/mol. The molecule has 3 aromatic heterocycles. The quantitative estimate of drug-likeness (QED) is 0.568. The first kappa shape index (κ1) is 14.2. The Kier molecular flexibility index (Phi) is 3.34. The molecule has 4 aromatic rings. The minimum Gasteiger partial charge on any atom is -0.461 e. The highest BCUT2D eigenvalue weighted by Gasteiger charge is 2.18. The molecule has 0 amide bonds. The van der Waals surface area contributed by atoms with Gasteiger partial charge in [0.15, 0.2) is 11.6 Å². The normalized spacial score (nSPS) is 11.0. The molecule has 8 heteroatoms. The minimum atomic E-state index is -0.592. The Balaban J connectivity index is 1.70. The average Bonchev–Trinajstić information content (AvgIpc) is 3.31. The second kappa shape index (κ2) is 5.65. The first-order valence-corrected chi connectivity index (χ1v) is 7.21. The molecule has 3 heterocycles. The molecule has 0 saturated heterocycles. The Morgan fingerprint density at radius 1 is 1.08 bits per heavy atom. The number of nitrogens with zero attached hydrogens (tertiary/aromatic N) is 4. The minimum absolute atomic E-state index is 0.0553. The Morgan fingerprint density at radius 2 is 1.96 bits per heavy atom. The molecule has 0 spiro atoms. The zero-order valence-electron chi connectivity index (χ0n) is 12.7. The highest BCUT2D eigenvalue weighted by atomic mass is 16.5. The van der Waals surface area contributed by atoms with Crippen molar-refractivity contribution in [2.75, 3.05) is 0 Å². The number of aryl methyl sites for hydroxylation is 1. The number of furan rings is 1. The fourth-order valence-electron chi connectivity index (χ4n) is 2.39. The third-order valence-electron chi connectivity index (χ3n) is 3.58. The lowest BCUT2D eigenvalue weighted by Gasteiger charge is -2.04. The molecule has 0 saturated carbocycles. The lowest BCUT2D eigenvalue weighted by Crippen LogP contribution is -2.16. The van der Waals surface area contributed by atoms with E-state index in [1.54, 1.807) is 12.1 Å². The van der Waals surface area contributed by atoms with Gasteiger partial charge < -0.3 is 8.94 Å². The van der Waals surface area contributed by atoms with Crippen molar-refractivity contribution in [3.8, 4) is 23.0 Å². The summed E-state index contributed by atoms with van der Waals surface area (Å²) in [5.41, 5.74) is 1.77. The fraction of sp³-hybridized carbons (Fsp3) is 0.125. The van der Waals surface area contributed by atoms with Gasteiger partial charge in [0.2, 0.25) is 11.7 Å². The topological polar surface area (TPSA) is 100 Å². The molecule has 0 bridgehead atoms. The number of aromatic nitrogens is 4. The molecule has 0 aliphatic rings. The molecule has 0 aliphatic heterocycles. The van der Waals surface area contributed by atoms with Gasteiger partial charge in [0.25, 0.3) is 0 Å². The van der Waals surface area contributed by atoms with Crippen LogP contribution in [0.25, 0.3) is 23.0 Å². The molecule has 0 unspecified atom stereocenters. The Bertz CT molecular complexity index is 1030. The molecule has 1 aromatic carbocycles. The highest BCUT2D eigenvalue weighted by Crippen LogP contribution is 2.21. The van der Waals surface area contributed by atoms with E-state index in [0.29, 0.717) is 17.4 Å². The monoisotopic (exact) mass is 324 g/mol. The van der Waals surface area contributed by atoms with E-state index in [1.807, 2.05) is 31.2 Å². The van der Waals surface area contributed by atoms with E-state index in [-0.39, 0.29) is 12.4 Å². The standard InChI is InChI=1S/C16H12N4O4/c1-10-5-2-3-6-11(10)15-19-24-16(21)20(15)9-13-17-14(18-23-13)12-7-4-8-22-12/h2-8H,9H2,1H3. The first-order valence-electron chi connectivity index (χ1n) is 7.21. The predicted octanol–water partition coefficient (Wildman–Crippen LogP) is 2.50. The second-order valence-corrected chi connectivity index (χ2v) is 5.16.